The Bertz CT molecular complexity index is 628. The molecule has 120 valence electrons. The van der Waals surface area contributed by atoms with Crippen LogP contribution in [0, 0.1) is 5.92 Å². The van der Waals surface area contributed by atoms with Gasteiger partial charge in [0, 0.05) is 31.0 Å². The smallest absolute Gasteiger partial charge is 0.253 e. The molecule has 1 fully saturated rings. The standard InChI is InChI=1S/C20H24N2O/c1-2-16-5-7-19(8-6-16)20(23)22-12-9-17(10-13-22)14-18-4-3-11-21-15-18/h3-8,11,15,17H,2,9-10,12-14H2,1H3. The topological polar surface area (TPSA) is 33.2 Å². The lowest BCUT2D eigenvalue weighted by Gasteiger charge is -2.32. The molecule has 2 heterocycles. The van der Waals surface area contributed by atoms with Crippen LogP contribution in [0.5, 0.6) is 0 Å². The number of likely N-dealkylation sites (tertiary alicyclic amines) is 1. The molecule has 1 saturated heterocycles. The largest absolute Gasteiger partial charge is 0.339 e. The average molecular weight is 308 g/mol. The molecule has 1 aromatic heterocycles. The monoisotopic (exact) mass is 308 g/mol. The van der Waals surface area contributed by atoms with Crippen LogP contribution in [-0.4, -0.2) is 28.9 Å². The molecule has 0 N–H and O–H groups in total. The summed E-state index contributed by atoms with van der Waals surface area (Å²) in [4.78, 5) is 18.8. The molecule has 23 heavy (non-hydrogen) atoms. The SMILES string of the molecule is CCc1ccc(C(=O)N2CCC(Cc3cccnc3)CC2)cc1. The zero-order chi connectivity index (χ0) is 16.1. The molecule has 0 bridgehead atoms. The van der Waals surface area contributed by atoms with Crippen LogP contribution < -0.4 is 0 Å². The van der Waals surface area contributed by atoms with E-state index in [1.54, 1.807) is 0 Å². The molecular formula is C20H24N2O. The van der Waals surface area contributed by atoms with Crippen LogP contribution in [0.15, 0.2) is 48.8 Å². The van der Waals surface area contributed by atoms with Gasteiger partial charge >= 0.3 is 0 Å². The predicted molar refractivity (Wildman–Crippen MR) is 92.4 cm³/mol. The molecule has 0 radical (unpaired) electrons. The van der Waals surface area contributed by atoms with Crippen LogP contribution in [0.1, 0.15) is 41.3 Å². The van der Waals surface area contributed by atoms with E-state index in [0.29, 0.717) is 5.92 Å². The minimum atomic E-state index is 0.174. The summed E-state index contributed by atoms with van der Waals surface area (Å²) >= 11 is 0. The van der Waals surface area contributed by atoms with E-state index in [9.17, 15) is 4.79 Å². The van der Waals surface area contributed by atoms with Gasteiger partial charge in [-0.1, -0.05) is 25.1 Å². The zero-order valence-electron chi connectivity index (χ0n) is 13.7. The Morgan fingerprint density at radius 1 is 1.13 bits per heavy atom. The summed E-state index contributed by atoms with van der Waals surface area (Å²) in [5.74, 6) is 0.832. The number of hydrogen-bond acceptors (Lipinski definition) is 2. The summed E-state index contributed by atoms with van der Waals surface area (Å²) < 4.78 is 0. The Morgan fingerprint density at radius 2 is 1.87 bits per heavy atom. The van der Waals surface area contributed by atoms with Crippen LogP contribution in [0.3, 0.4) is 0 Å². The highest BCUT2D eigenvalue weighted by Crippen LogP contribution is 2.22. The average Bonchev–Trinajstić information content (AvgIpc) is 2.63. The molecule has 3 rings (SSSR count). The number of pyridine rings is 1. The molecule has 0 aliphatic carbocycles. The van der Waals surface area contributed by atoms with Crippen molar-refractivity contribution in [2.75, 3.05) is 13.1 Å². The number of hydrogen-bond donors (Lipinski definition) is 0. The number of nitrogens with zero attached hydrogens (tertiary/aromatic N) is 2. The molecule has 3 heteroatoms. The highest BCUT2D eigenvalue weighted by molar-refractivity contribution is 5.94. The van der Waals surface area contributed by atoms with Gasteiger partial charge in [0.25, 0.3) is 5.91 Å². The molecule has 1 aliphatic rings. The summed E-state index contributed by atoms with van der Waals surface area (Å²) in [6.45, 7) is 3.85. The van der Waals surface area contributed by atoms with Crippen molar-refractivity contribution in [2.45, 2.75) is 32.6 Å². The normalized spacial score (nSPS) is 15.6. The molecule has 2 aromatic rings. The van der Waals surface area contributed by atoms with Crippen LogP contribution in [0.4, 0.5) is 0 Å². The molecule has 0 spiro atoms. The van der Waals surface area contributed by atoms with E-state index in [1.165, 1.54) is 11.1 Å². The molecule has 0 saturated carbocycles. The van der Waals surface area contributed by atoms with Gasteiger partial charge in [-0.2, -0.15) is 0 Å². The van der Waals surface area contributed by atoms with E-state index in [1.807, 2.05) is 35.5 Å². The lowest BCUT2D eigenvalue weighted by atomic mass is 9.90. The third kappa shape index (κ3) is 3.98. The Hall–Kier alpha value is -2.16. The van der Waals surface area contributed by atoms with Gasteiger partial charge < -0.3 is 4.90 Å². The third-order valence-corrected chi connectivity index (χ3v) is 4.76. The first-order valence-corrected chi connectivity index (χ1v) is 8.53. The number of carbonyl (C=O) groups excluding carboxylic acids is 1. The van der Waals surface area contributed by atoms with Gasteiger partial charge in [0.15, 0.2) is 0 Å². The molecule has 3 nitrogen and oxygen atoms in total. The quantitative estimate of drug-likeness (QED) is 0.862. The second-order valence-electron chi connectivity index (χ2n) is 6.35. The maximum absolute atomic E-state index is 12.6. The summed E-state index contributed by atoms with van der Waals surface area (Å²) in [6.07, 6.45) is 8.00. The minimum absolute atomic E-state index is 0.174. The van der Waals surface area contributed by atoms with Crippen molar-refractivity contribution in [1.29, 1.82) is 0 Å². The highest BCUT2D eigenvalue weighted by Gasteiger charge is 2.23. The Morgan fingerprint density at radius 3 is 2.48 bits per heavy atom. The van der Waals surface area contributed by atoms with Crippen molar-refractivity contribution in [2.24, 2.45) is 5.92 Å². The number of carbonyl (C=O) groups is 1. The predicted octanol–water partition coefficient (Wildman–Crippen LogP) is 3.74. The molecule has 1 aliphatic heterocycles. The van der Waals surface area contributed by atoms with E-state index < -0.39 is 0 Å². The van der Waals surface area contributed by atoms with Gasteiger partial charge in [-0.25, -0.2) is 0 Å². The van der Waals surface area contributed by atoms with Gasteiger partial charge in [0.2, 0.25) is 0 Å². The van der Waals surface area contributed by atoms with Gasteiger partial charge in [-0.05, 0) is 60.9 Å². The molecule has 0 unspecified atom stereocenters. The van der Waals surface area contributed by atoms with Gasteiger partial charge in [0.1, 0.15) is 0 Å². The number of benzene rings is 1. The van der Waals surface area contributed by atoms with E-state index in [-0.39, 0.29) is 5.91 Å². The van der Waals surface area contributed by atoms with Gasteiger partial charge in [-0.3, -0.25) is 9.78 Å². The van der Waals surface area contributed by atoms with E-state index in [4.69, 9.17) is 0 Å². The Balaban J connectivity index is 1.54. The lowest BCUT2D eigenvalue weighted by molar-refractivity contribution is 0.0690. The number of aromatic nitrogens is 1. The molecular weight excluding hydrogens is 284 g/mol. The number of amides is 1. The van der Waals surface area contributed by atoms with Crippen molar-refractivity contribution >= 4 is 5.91 Å². The first kappa shape index (κ1) is 15.7. The second kappa shape index (κ2) is 7.40. The van der Waals surface area contributed by atoms with Crippen molar-refractivity contribution in [3.05, 3.63) is 65.5 Å². The van der Waals surface area contributed by atoms with E-state index in [0.717, 1.165) is 44.3 Å². The fourth-order valence-corrected chi connectivity index (χ4v) is 3.26. The van der Waals surface area contributed by atoms with Gasteiger partial charge in [-0.15, -0.1) is 0 Å². The number of aryl methyl sites for hydroxylation is 1. The van der Waals surface area contributed by atoms with Crippen LogP contribution in [0.2, 0.25) is 0 Å². The first-order chi connectivity index (χ1) is 11.3. The van der Waals surface area contributed by atoms with Crippen molar-refractivity contribution in [3.63, 3.8) is 0 Å². The second-order valence-corrected chi connectivity index (χ2v) is 6.35. The number of piperidine rings is 1. The fourth-order valence-electron chi connectivity index (χ4n) is 3.26. The van der Waals surface area contributed by atoms with Crippen molar-refractivity contribution in [1.82, 2.24) is 9.88 Å². The van der Waals surface area contributed by atoms with Crippen LogP contribution in [-0.2, 0) is 12.8 Å². The van der Waals surface area contributed by atoms with Crippen molar-refractivity contribution in [3.8, 4) is 0 Å². The molecule has 1 amide bonds. The fraction of sp³-hybridized carbons (Fsp3) is 0.400. The maximum atomic E-state index is 12.6. The summed E-state index contributed by atoms with van der Waals surface area (Å²) in [6, 6.07) is 12.2. The van der Waals surface area contributed by atoms with Gasteiger partial charge in [0.05, 0.1) is 0 Å². The Kier molecular flexibility index (Phi) is 5.06. The van der Waals surface area contributed by atoms with Crippen LogP contribution in [0.25, 0.3) is 0 Å². The van der Waals surface area contributed by atoms with Crippen molar-refractivity contribution < 1.29 is 4.79 Å². The maximum Gasteiger partial charge on any atom is 0.253 e. The highest BCUT2D eigenvalue weighted by atomic mass is 16.2. The lowest BCUT2D eigenvalue weighted by Crippen LogP contribution is -2.38. The molecule has 1 aromatic carbocycles. The summed E-state index contributed by atoms with van der Waals surface area (Å²) in [5, 5.41) is 0. The summed E-state index contributed by atoms with van der Waals surface area (Å²) in [7, 11) is 0. The third-order valence-electron chi connectivity index (χ3n) is 4.76. The Labute approximate surface area is 138 Å². The van der Waals surface area contributed by atoms with E-state index >= 15 is 0 Å². The number of rotatable bonds is 4. The van der Waals surface area contributed by atoms with E-state index in [2.05, 4.69) is 30.1 Å². The zero-order valence-corrected chi connectivity index (χ0v) is 13.7. The van der Waals surface area contributed by atoms with Crippen LogP contribution >= 0.6 is 0 Å². The first-order valence-electron chi connectivity index (χ1n) is 8.53. The minimum Gasteiger partial charge on any atom is -0.339 e. The summed E-state index contributed by atoms with van der Waals surface area (Å²) in [5.41, 5.74) is 3.39. The molecule has 0 atom stereocenters.